The molecule has 0 radical (unpaired) electrons. The Labute approximate surface area is 171 Å². The third-order valence-corrected chi connectivity index (χ3v) is 6.31. The van der Waals surface area contributed by atoms with Gasteiger partial charge in [0.15, 0.2) is 0 Å². The second kappa shape index (κ2) is 6.50. The second-order valence-corrected chi connectivity index (χ2v) is 7.84. The molecule has 30 heavy (non-hydrogen) atoms. The van der Waals surface area contributed by atoms with Gasteiger partial charge in [0, 0.05) is 23.7 Å². The van der Waals surface area contributed by atoms with Crippen molar-refractivity contribution in [3.8, 4) is 0 Å². The molecule has 2 aromatic carbocycles. The van der Waals surface area contributed by atoms with Gasteiger partial charge in [0.05, 0.1) is 17.5 Å². The summed E-state index contributed by atoms with van der Waals surface area (Å²) >= 11 is 0. The smallest absolute Gasteiger partial charge is 0.303 e. The average Bonchev–Trinajstić information content (AvgIpc) is 3.32. The van der Waals surface area contributed by atoms with Crippen LogP contribution in [-0.2, 0) is 24.7 Å². The lowest BCUT2D eigenvalue weighted by atomic mass is 9.76. The van der Waals surface area contributed by atoms with Crippen molar-refractivity contribution in [1.82, 2.24) is 5.32 Å². The van der Waals surface area contributed by atoms with Crippen LogP contribution in [0.15, 0.2) is 54.6 Å². The van der Waals surface area contributed by atoms with E-state index in [1.165, 1.54) is 0 Å². The fraction of sp³-hybridized carbons (Fsp3) is 0.273. The van der Waals surface area contributed by atoms with Crippen LogP contribution in [0.3, 0.4) is 0 Å². The summed E-state index contributed by atoms with van der Waals surface area (Å²) in [7, 11) is 0. The molecule has 5 rings (SSSR count). The van der Waals surface area contributed by atoms with Crippen LogP contribution in [0.1, 0.15) is 18.4 Å². The fourth-order valence-electron chi connectivity index (χ4n) is 5.12. The number of benzene rings is 2. The van der Waals surface area contributed by atoms with Gasteiger partial charge in [-0.05, 0) is 24.6 Å². The lowest BCUT2D eigenvalue weighted by molar-refractivity contribution is -0.137. The molecule has 3 aliphatic rings. The fourth-order valence-corrected chi connectivity index (χ4v) is 5.12. The van der Waals surface area contributed by atoms with Crippen molar-refractivity contribution in [3.05, 3.63) is 60.2 Å². The Kier molecular flexibility index (Phi) is 4.01. The number of rotatable bonds is 4. The maximum Gasteiger partial charge on any atom is 0.303 e. The molecular weight excluding hydrogens is 386 g/mol. The van der Waals surface area contributed by atoms with Crippen LogP contribution in [0.4, 0.5) is 11.4 Å². The second-order valence-electron chi connectivity index (χ2n) is 7.84. The Morgan fingerprint density at radius 2 is 1.70 bits per heavy atom. The van der Waals surface area contributed by atoms with Gasteiger partial charge in [-0.3, -0.25) is 24.5 Å². The molecule has 3 heterocycles. The quantitative estimate of drug-likeness (QED) is 0.664. The summed E-state index contributed by atoms with van der Waals surface area (Å²) < 4.78 is 0. The predicted molar refractivity (Wildman–Crippen MR) is 106 cm³/mol. The molecular formula is C22H19N3O5. The molecule has 0 aliphatic carbocycles. The third kappa shape index (κ3) is 2.37. The zero-order valence-corrected chi connectivity index (χ0v) is 15.9. The van der Waals surface area contributed by atoms with Gasteiger partial charge in [0.2, 0.25) is 17.7 Å². The number of para-hydroxylation sites is 2. The number of imide groups is 1. The topological polar surface area (TPSA) is 116 Å². The zero-order chi connectivity index (χ0) is 21.0. The molecule has 3 amide bonds. The minimum atomic E-state index is -1.40. The summed E-state index contributed by atoms with van der Waals surface area (Å²) in [6.45, 7) is 0. The van der Waals surface area contributed by atoms with Crippen molar-refractivity contribution >= 4 is 35.1 Å². The highest BCUT2D eigenvalue weighted by molar-refractivity contribution is 6.25. The van der Waals surface area contributed by atoms with Crippen LogP contribution in [0.25, 0.3) is 0 Å². The molecule has 152 valence electrons. The number of nitrogens with one attached hydrogen (secondary N) is 2. The molecule has 8 heteroatoms. The Morgan fingerprint density at radius 3 is 2.43 bits per heavy atom. The largest absolute Gasteiger partial charge is 0.481 e. The monoisotopic (exact) mass is 405 g/mol. The van der Waals surface area contributed by atoms with Gasteiger partial charge in [-0.25, -0.2) is 4.90 Å². The molecule has 8 nitrogen and oxygen atoms in total. The SMILES string of the molecule is O=C(O)CC[C@@H]1N[C@]2(C(=O)Nc3ccccc32)[C@@H]2C(=O)N(c3ccccc3)C(=O)[C@@H]12. The number of carbonyl (C=O) groups excluding carboxylic acids is 3. The van der Waals surface area contributed by atoms with Crippen molar-refractivity contribution in [2.24, 2.45) is 11.8 Å². The van der Waals surface area contributed by atoms with E-state index in [1.807, 2.05) is 0 Å². The van der Waals surface area contributed by atoms with Crippen LogP contribution in [0.2, 0.25) is 0 Å². The number of anilines is 2. The first-order valence-corrected chi connectivity index (χ1v) is 9.78. The summed E-state index contributed by atoms with van der Waals surface area (Å²) in [6.07, 6.45) is -0.0393. The van der Waals surface area contributed by atoms with E-state index in [0.29, 0.717) is 16.9 Å². The number of fused-ring (bicyclic) bond motifs is 4. The lowest BCUT2D eigenvalue weighted by Gasteiger charge is -2.29. The predicted octanol–water partition coefficient (Wildman–Crippen LogP) is 1.48. The third-order valence-electron chi connectivity index (χ3n) is 6.31. The number of carboxylic acids is 1. The molecule has 3 N–H and O–H groups in total. The number of amides is 3. The molecule has 2 fully saturated rings. The van der Waals surface area contributed by atoms with Crippen LogP contribution in [0.5, 0.6) is 0 Å². The molecule has 3 aliphatic heterocycles. The number of carboxylic acid groups (broad SMARTS) is 1. The van der Waals surface area contributed by atoms with Gasteiger partial charge in [0.25, 0.3) is 0 Å². The highest BCUT2D eigenvalue weighted by Gasteiger charge is 2.70. The van der Waals surface area contributed by atoms with E-state index in [-0.39, 0.29) is 12.8 Å². The van der Waals surface area contributed by atoms with Crippen molar-refractivity contribution < 1.29 is 24.3 Å². The first kappa shape index (κ1) is 18.5. The Bertz CT molecular complexity index is 1090. The first-order valence-electron chi connectivity index (χ1n) is 9.78. The molecule has 0 saturated carbocycles. The van der Waals surface area contributed by atoms with Crippen LogP contribution < -0.4 is 15.5 Å². The molecule has 2 aromatic rings. The highest BCUT2D eigenvalue weighted by atomic mass is 16.4. The number of carbonyl (C=O) groups is 4. The average molecular weight is 405 g/mol. The molecule has 0 aromatic heterocycles. The van der Waals surface area contributed by atoms with Gasteiger partial charge < -0.3 is 10.4 Å². The van der Waals surface area contributed by atoms with Gasteiger partial charge in [-0.2, -0.15) is 0 Å². The maximum atomic E-state index is 13.6. The Balaban J connectivity index is 1.65. The van der Waals surface area contributed by atoms with Gasteiger partial charge in [-0.15, -0.1) is 0 Å². The summed E-state index contributed by atoms with van der Waals surface area (Å²) in [5.41, 5.74) is 0.242. The number of aliphatic carboxylic acids is 1. The highest BCUT2D eigenvalue weighted by Crippen LogP contribution is 2.53. The Hall–Kier alpha value is -3.52. The van der Waals surface area contributed by atoms with Crippen molar-refractivity contribution in [2.75, 3.05) is 10.2 Å². The zero-order valence-electron chi connectivity index (χ0n) is 15.9. The van der Waals surface area contributed by atoms with Crippen molar-refractivity contribution in [1.29, 1.82) is 0 Å². The molecule has 1 spiro atoms. The normalized spacial score (nSPS) is 29.3. The molecule has 2 saturated heterocycles. The van der Waals surface area contributed by atoms with E-state index in [9.17, 15) is 19.2 Å². The number of hydrogen-bond acceptors (Lipinski definition) is 5. The van der Waals surface area contributed by atoms with Gasteiger partial charge >= 0.3 is 5.97 Å². The van der Waals surface area contributed by atoms with E-state index in [2.05, 4.69) is 10.6 Å². The van der Waals surface area contributed by atoms with Crippen LogP contribution >= 0.6 is 0 Å². The summed E-state index contributed by atoms with van der Waals surface area (Å²) in [5, 5.41) is 15.2. The van der Waals surface area contributed by atoms with Gasteiger partial charge in [-0.1, -0.05) is 36.4 Å². The minimum Gasteiger partial charge on any atom is -0.481 e. The van der Waals surface area contributed by atoms with Gasteiger partial charge in [0.1, 0.15) is 5.54 Å². The van der Waals surface area contributed by atoms with E-state index in [1.54, 1.807) is 54.6 Å². The summed E-state index contributed by atoms with van der Waals surface area (Å²) in [4.78, 5) is 52.5. The standard InChI is InChI=1S/C22H19N3O5/c26-16(27)11-10-15-17-18(20(29)25(19(17)28)12-6-2-1-3-7-12)22(24-15)13-8-4-5-9-14(13)23-21(22)30/h1-9,15,17-18,24H,10-11H2,(H,23,30)(H,26,27)/t15-,17-,18-,22-/m0/s1. The van der Waals surface area contributed by atoms with Crippen molar-refractivity contribution in [3.63, 3.8) is 0 Å². The number of hydrogen-bond donors (Lipinski definition) is 3. The lowest BCUT2D eigenvalue weighted by Crippen LogP contribution is -2.53. The first-order chi connectivity index (χ1) is 14.4. The van der Waals surface area contributed by atoms with E-state index < -0.39 is 47.1 Å². The Morgan fingerprint density at radius 1 is 1.00 bits per heavy atom. The van der Waals surface area contributed by atoms with Crippen LogP contribution in [0, 0.1) is 11.8 Å². The maximum absolute atomic E-state index is 13.6. The van der Waals surface area contributed by atoms with E-state index in [4.69, 9.17) is 5.11 Å². The minimum absolute atomic E-state index is 0.134. The molecule has 0 bridgehead atoms. The molecule has 4 atom stereocenters. The molecule has 0 unspecified atom stereocenters. The van der Waals surface area contributed by atoms with E-state index >= 15 is 0 Å². The van der Waals surface area contributed by atoms with Crippen LogP contribution in [-0.4, -0.2) is 34.8 Å². The van der Waals surface area contributed by atoms with E-state index in [0.717, 1.165) is 4.90 Å². The summed E-state index contributed by atoms with van der Waals surface area (Å²) in [6, 6.07) is 15.1. The van der Waals surface area contributed by atoms with Crippen molar-refractivity contribution in [2.45, 2.75) is 24.4 Å². The summed E-state index contributed by atoms with van der Waals surface area (Å²) in [5.74, 6) is -4.03. The number of nitrogens with zero attached hydrogens (tertiary/aromatic N) is 1.